The van der Waals surface area contributed by atoms with Crippen molar-refractivity contribution in [1.29, 1.82) is 0 Å². The zero-order valence-corrected chi connectivity index (χ0v) is 17.8. The molecule has 162 valence electrons. The van der Waals surface area contributed by atoms with E-state index in [1.165, 1.54) is 6.07 Å². The molecule has 0 unspecified atom stereocenters. The van der Waals surface area contributed by atoms with Crippen LogP contribution in [0.25, 0.3) is 11.3 Å². The SMILES string of the molecule is Cc1cc(-c2c[nH]c(C(=O)Nc3cccc(F)c3N3CCC(C)(CN)CC3)n2)ccn1. The average molecular weight is 423 g/mol. The molecular weight excluding hydrogens is 395 g/mol. The summed E-state index contributed by atoms with van der Waals surface area (Å²) in [6, 6.07) is 8.45. The lowest BCUT2D eigenvalue weighted by molar-refractivity contribution is 0.101. The van der Waals surface area contributed by atoms with E-state index in [1.54, 1.807) is 24.5 Å². The Balaban J connectivity index is 1.54. The van der Waals surface area contributed by atoms with Crippen LogP contribution in [0.15, 0.2) is 42.7 Å². The molecule has 7 nitrogen and oxygen atoms in total. The molecule has 0 radical (unpaired) electrons. The minimum atomic E-state index is -0.423. The van der Waals surface area contributed by atoms with Gasteiger partial charge in [0.2, 0.25) is 0 Å². The molecule has 8 heteroatoms. The smallest absolute Gasteiger partial charge is 0.291 e. The van der Waals surface area contributed by atoms with Crippen molar-refractivity contribution in [1.82, 2.24) is 15.0 Å². The highest BCUT2D eigenvalue weighted by atomic mass is 19.1. The predicted molar refractivity (Wildman–Crippen MR) is 120 cm³/mol. The number of para-hydroxylation sites is 1. The van der Waals surface area contributed by atoms with E-state index in [0.29, 0.717) is 36.7 Å². The number of pyridine rings is 1. The van der Waals surface area contributed by atoms with Gasteiger partial charge in [0.05, 0.1) is 17.1 Å². The summed E-state index contributed by atoms with van der Waals surface area (Å²) < 4.78 is 14.8. The fraction of sp³-hybridized carbons (Fsp3) is 0.348. The van der Waals surface area contributed by atoms with Crippen molar-refractivity contribution >= 4 is 17.3 Å². The maximum atomic E-state index is 14.8. The van der Waals surface area contributed by atoms with E-state index in [2.05, 4.69) is 27.2 Å². The van der Waals surface area contributed by atoms with Crippen molar-refractivity contribution in [2.24, 2.45) is 11.1 Å². The van der Waals surface area contributed by atoms with Gasteiger partial charge in [-0.2, -0.15) is 0 Å². The molecular formula is C23H27FN6O. The Morgan fingerprint density at radius 3 is 2.81 bits per heavy atom. The standard InChI is InChI=1S/C23H27FN6O/c1-15-12-16(6-9-26-15)19-13-27-21(28-19)22(31)29-18-5-3-4-17(24)20(18)30-10-7-23(2,14-25)8-11-30/h3-6,9,12-13H,7-8,10-11,14,25H2,1-2H3,(H,27,28)(H,29,31). The third-order valence-electron chi connectivity index (χ3n) is 6.00. The highest BCUT2D eigenvalue weighted by molar-refractivity contribution is 6.04. The molecule has 1 aliphatic rings. The van der Waals surface area contributed by atoms with E-state index >= 15 is 0 Å². The van der Waals surface area contributed by atoms with Gasteiger partial charge in [-0.3, -0.25) is 9.78 Å². The third kappa shape index (κ3) is 4.44. The largest absolute Gasteiger partial charge is 0.367 e. The number of aromatic nitrogens is 3. The summed E-state index contributed by atoms with van der Waals surface area (Å²) in [5, 5.41) is 2.82. The number of halogens is 1. The van der Waals surface area contributed by atoms with Gasteiger partial charge in [-0.25, -0.2) is 9.37 Å². The number of H-pyrrole nitrogens is 1. The molecule has 1 saturated heterocycles. The van der Waals surface area contributed by atoms with Crippen LogP contribution in [0.4, 0.5) is 15.8 Å². The Bertz CT molecular complexity index is 1090. The first-order chi connectivity index (χ1) is 14.9. The number of benzene rings is 1. The van der Waals surface area contributed by atoms with E-state index < -0.39 is 5.91 Å². The topological polar surface area (TPSA) is 99.9 Å². The first-order valence-electron chi connectivity index (χ1n) is 10.4. The van der Waals surface area contributed by atoms with Gasteiger partial charge >= 0.3 is 0 Å². The Morgan fingerprint density at radius 2 is 2.10 bits per heavy atom. The summed E-state index contributed by atoms with van der Waals surface area (Å²) in [6.07, 6.45) is 5.12. The number of carbonyl (C=O) groups excluding carboxylic acids is 1. The first kappa shape index (κ1) is 21.0. The minimum Gasteiger partial charge on any atom is -0.367 e. The van der Waals surface area contributed by atoms with Crippen LogP contribution in [0.2, 0.25) is 0 Å². The molecule has 2 aromatic heterocycles. The molecule has 0 bridgehead atoms. The van der Waals surface area contributed by atoms with Crippen molar-refractivity contribution in [3.8, 4) is 11.3 Å². The molecule has 1 fully saturated rings. The van der Waals surface area contributed by atoms with Crippen molar-refractivity contribution < 1.29 is 9.18 Å². The van der Waals surface area contributed by atoms with E-state index in [-0.39, 0.29) is 17.1 Å². The molecule has 31 heavy (non-hydrogen) atoms. The van der Waals surface area contributed by atoms with E-state index in [4.69, 9.17) is 5.73 Å². The second kappa shape index (κ2) is 8.47. The van der Waals surface area contributed by atoms with Crippen LogP contribution in [0, 0.1) is 18.2 Å². The van der Waals surface area contributed by atoms with E-state index in [0.717, 1.165) is 24.1 Å². The zero-order valence-electron chi connectivity index (χ0n) is 17.8. The molecule has 1 amide bonds. The van der Waals surface area contributed by atoms with Gasteiger partial charge in [0.25, 0.3) is 5.91 Å². The molecule has 0 spiro atoms. The number of nitrogens with zero attached hydrogens (tertiary/aromatic N) is 3. The van der Waals surface area contributed by atoms with Crippen LogP contribution in [0.5, 0.6) is 0 Å². The van der Waals surface area contributed by atoms with Crippen molar-refractivity contribution in [3.05, 3.63) is 60.1 Å². The normalized spacial score (nSPS) is 15.7. The van der Waals surface area contributed by atoms with Crippen LogP contribution in [0.1, 0.15) is 36.1 Å². The number of imidazole rings is 1. The molecule has 0 atom stereocenters. The number of nitrogens with one attached hydrogen (secondary N) is 2. The molecule has 1 aliphatic heterocycles. The van der Waals surface area contributed by atoms with Crippen LogP contribution >= 0.6 is 0 Å². The monoisotopic (exact) mass is 422 g/mol. The van der Waals surface area contributed by atoms with Crippen LogP contribution in [-0.4, -0.2) is 40.5 Å². The molecule has 4 N–H and O–H groups in total. The number of carbonyl (C=O) groups is 1. The lowest BCUT2D eigenvalue weighted by Crippen LogP contribution is -2.42. The van der Waals surface area contributed by atoms with Crippen molar-refractivity contribution in [2.75, 3.05) is 29.9 Å². The molecule has 4 rings (SSSR count). The number of hydrogen-bond donors (Lipinski definition) is 3. The lowest BCUT2D eigenvalue weighted by Gasteiger charge is -2.40. The van der Waals surface area contributed by atoms with Crippen molar-refractivity contribution in [2.45, 2.75) is 26.7 Å². The number of nitrogens with two attached hydrogens (primary N) is 1. The summed E-state index contributed by atoms with van der Waals surface area (Å²) in [6.45, 7) is 6.03. The zero-order chi connectivity index (χ0) is 22.0. The van der Waals surface area contributed by atoms with Gasteiger partial charge < -0.3 is 20.9 Å². The van der Waals surface area contributed by atoms with Crippen molar-refractivity contribution in [3.63, 3.8) is 0 Å². The Labute approximate surface area is 180 Å². The molecule has 3 aromatic rings. The fourth-order valence-electron chi connectivity index (χ4n) is 3.88. The number of amides is 1. The van der Waals surface area contributed by atoms with Gasteiger partial charge in [-0.1, -0.05) is 13.0 Å². The van der Waals surface area contributed by atoms with Gasteiger partial charge in [-0.15, -0.1) is 0 Å². The summed E-state index contributed by atoms with van der Waals surface area (Å²) in [5.41, 5.74) is 9.19. The molecule has 0 saturated carbocycles. The predicted octanol–water partition coefficient (Wildman–Crippen LogP) is 3.74. The Morgan fingerprint density at radius 1 is 1.32 bits per heavy atom. The number of piperidine rings is 1. The van der Waals surface area contributed by atoms with Gasteiger partial charge in [0.15, 0.2) is 5.82 Å². The van der Waals surface area contributed by atoms with Gasteiger partial charge in [-0.05, 0) is 56.0 Å². The summed E-state index contributed by atoms with van der Waals surface area (Å²) in [5.74, 6) is -0.622. The Hall–Kier alpha value is -3.26. The van der Waals surface area contributed by atoms with Crippen LogP contribution < -0.4 is 16.0 Å². The van der Waals surface area contributed by atoms with Crippen LogP contribution in [0.3, 0.4) is 0 Å². The summed E-state index contributed by atoms with van der Waals surface area (Å²) in [4.78, 5) is 26.3. The number of rotatable bonds is 5. The maximum absolute atomic E-state index is 14.8. The third-order valence-corrected chi connectivity index (χ3v) is 6.00. The molecule has 1 aromatic carbocycles. The average Bonchev–Trinajstić information content (AvgIpc) is 3.26. The van der Waals surface area contributed by atoms with Gasteiger partial charge in [0.1, 0.15) is 5.82 Å². The maximum Gasteiger partial charge on any atom is 0.291 e. The summed E-state index contributed by atoms with van der Waals surface area (Å²) >= 11 is 0. The molecule has 0 aliphatic carbocycles. The highest BCUT2D eigenvalue weighted by Gasteiger charge is 2.31. The van der Waals surface area contributed by atoms with E-state index in [1.807, 2.05) is 24.0 Å². The second-order valence-corrected chi connectivity index (χ2v) is 8.41. The summed E-state index contributed by atoms with van der Waals surface area (Å²) in [7, 11) is 0. The second-order valence-electron chi connectivity index (χ2n) is 8.41. The first-order valence-corrected chi connectivity index (χ1v) is 10.4. The van der Waals surface area contributed by atoms with Gasteiger partial charge in [0, 0.05) is 36.7 Å². The molecule has 3 heterocycles. The fourth-order valence-corrected chi connectivity index (χ4v) is 3.88. The lowest BCUT2D eigenvalue weighted by atomic mass is 9.80. The number of hydrogen-bond acceptors (Lipinski definition) is 5. The quantitative estimate of drug-likeness (QED) is 0.582. The Kier molecular flexibility index (Phi) is 5.73. The minimum absolute atomic E-state index is 0.0705. The van der Waals surface area contributed by atoms with Crippen LogP contribution in [-0.2, 0) is 0 Å². The van der Waals surface area contributed by atoms with E-state index in [9.17, 15) is 9.18 Å². The number of anilines is 2. The number of aromatic amines is 1. The highest BCUT2D eigenvalue weighted by Crippen LogP contribution is 2.36. The number of aryl methyl sites for hydroxylation is 1.